The van der Waals surface area contributed by atoms with Gasteiger partial charge in [0, 0.05) is 6.54 Å². The van der Waals surface area contributed by atoms with E-state index in [2.05, 4.69) is 29.4 Å². The van der Waals surface area contributed by atoms with Crippen molar-refractivity contribution < 1.29 is 9.09 Å². The Bertz CT molecular complexity index is 1160. The maximum absolute atomic E-state index is 14.2. The molecule has 0 aromatic heterocycles. The van der Waals surface area contributed by atoms with Crippen LogP contribution in [0.3, 0.4) is 0 Å². The van der Waals surface area contributed by atoms with Crippen LogP contribution in [0.1, 0.15) is 22.8 Å². The van der Waals surface area contributed by atoms with Crippen LogP contribution in [0.5, 0.6) is 0 Å². The number of hydrogen-bond acceptors (Lipinski definition) is 2. The summed E-state index contributed by atoms with van der Waals surface area (Å²) in [6.45, 7) is 0.461. The first-order valence-electron chi connectivity index (χ1n) is 10.1. The second-order valence-electron chi connectivity index (χ2n) is 7.37. The molecule has 0 radical (unpaired) electrons. The molecule has 1 aliphatic carbocycles. The highest BCUT2D eigenvalue weighted by Crippen LogP contribution is 2.54. The molecule has 0 bridgehead atoms. The molecule has 1 N–H and O–H groups in total. The van der Waals surface area contributed by atoms with Crippen LogP contribution in [0.15, 0.2) is 109 Å². The van der Waals surface area contributed by atoms with Gasteiger partial charge < -0.3 is 4.52 Å². The van der Waals surface area contributed by atoms with Crippen LogP contribution in [0, 0.1) is 0 Å². The minimum absolute atomic E-state index is 0.383. The van der Waals surface area contributed by atoms with Crippen molar-refractivity contribution in [3.63, 3.8) is 0 Å². The van der Waals surface area contributed by atoms with E-state index < -0.39 is 7.52 Å². The molecule has 4 heteroatoms. The van der Waals surface area contributed by atoms with Gasteiger partial charge in [-0.25, -0.2) is 5.09 Å². The van der Waals surface area contributed by atoms with Gasteiger partial charge >= 0.3 is 7.52 Å². The molecule has 4 aromatic carbocycles. The summed E-state index contributed by atoms with van der Waals surface area (Å²) in [6, 6.07) is 35.8. The van der Waals surface area contributed by atoms with E-state index in [1.54, 1.807) is 0 Å². The Kier molecular flexibility index (Phi) is 5.10. The topological polar surface area (TPSA) is 38.3 Å². The molecular weight excluding hydrogens is 389 g/mol. The molecule has 0 unspecified atom stereocenters. The lowest BCUT2D eigenvalue weighted by Crippen LogP contribution is -2.22. The van der Waals surface area contributed by atoms with Gasteiger partial charge in [0.05, 0.1) is 5.30 Å². The first kappa shape index (κ1) is 19.0. The average Bonchev–Trinajstić information content (AvgIpc) is 3.13. The van der Waals surface area contributed by atoms with Crippen LogP contribution < -0.4 is 10.4 Å². The van der Waals surface area contributed by atoms with Crippen LogP contribution >= 0.6 is 7.52 Å². The van der Waals surface area contributed by atoms with Crippen LogP contribution in [0.2, 0.25) is 0 Å². The fraction of sp³-hybridized carbons (Fsp3) is 0.0769. The van der Waals surface area contributed by atoms with Gasteiger partial charge in [-0.15, -0.1) is 0 Å². The largest absolute Gasteiger partial charge is 0.301 e. The third-order valence-corrected chi connectivity index (χ3v) is 7.52. The lowest BCUT2D eigenvalue weighted by molar-refractivity contribution is 0.252. The SMILES string of the molecule is O=[P@](NCc1ccccc1)(OC1c2ccccc2-c2ccccc21)c1ccccc1. The first-order chi connectivity index (χ1) is 14.7. The molecule has 0 saturated carbocycles. The van der Waals surface area contributed by atoms with Crippen LogP contribution in [0.25, 0.3) is 11.1 Å². The van der Waals surface area contributed by atoms with Crippen molar-refractivity contribution in [2.45, 2.75) is 12.6 Å². The Hall–Kier alpha value is -2.97. The van der Waals surface area contributed by atoms with Gasteiger partial charge in [-0.05, 0) is 39.9 Å². The molecular formula is C26H22NO2P. The summed E-state index contributed by atoms with van der Waals surface area (Å²) in [5.74, 6) is 0. The van der Waals surface area contributed by atoms with Crippen molar-refractivity contribution in [3.8, 4) is 11.1 Å². The number of hydrogen-bond donors (Lipinski definition) is 1. The Morgan fingerprint density at radius 2 is 1.17 bits per heavy atom. The average molecular weight is 411 g/mol. The van der Waals surface area contributed by atoms with Crippen molar-refractivity contribution in [1.82, 2.24) is 5.09 Å². The standard InChI is InChI=1S/C26H22NO2P/c28-30(21-13-5-2-6-14-21,27-19-20-11-3-1-4-12-20)29-26-24-17-9-7-15-22(24)23-16-8-10-18-25(23)26/h1-18,26H,19H2,(H,27,28)/t30-/m0/s1. The Morgan fingerprint density at radius 3 is 1.77 bits per heavy atom. The molecule has 148 valence electrons. The van der Waals surface area contributed by atoms with E-state index in [9.17, 15) is 4.57 Å². The predicted molar refractivity (Wildman–Crippen MR) is 122 cm³/mol. The summed E-state index contributed by atoms with van der Waals surface area (Å²) in [5, 5.41) is 3.92. The summed E-state index contributed by atoms with van der Waals surface area (Å²) < 4.78 is 20.7. The van der Waals surface area contributed by atoms with Crippen molar-refractivity contribution >= 4 is 12.8 Å². The Balaban J connectivity index is 1.54. The second-order valence-corrected chi connectivity index (χ2v) is 9.51. The van der Waals surface area contributed by atoms with Crippen LogP contribution in [0.4, 0.5) is 0 Å². The zero-order chi connectivity index (χ0) is 20.4. The third-order valence-electron chi connectivity index (χ3n) is 5.46. The molecule has 0 aliphatic heterocycles. The molecule has 4 aromatic rings. The first-order valence-corrected chi connectivity index (χ1v) is 11.7. The zero-order valence-electron chi connectivity index (χ0n) is 16.4. The molecule has 0 saturated heterocycles. The lowest BCUT2D eigenvalue weighted by Gasteiger charge is -2.25. The number of fused-ring (bicyclic) bond motifs is 3. The molecule has 1 aliphatic rings. The molecule has 0 heterocycles. The van der Waals surface area contributed by atoms with Crippen LogP contribution in [-0.2, 0) is 15.6 Å². The van der Waals surface area contributed by atoms with Crippen molar-refractivity contribution in [2.24, 2.45) is 0 Å². The molecule has 0 spiro atoms. The van der Waals surface area contributed by atoms with Gasteiger partial charge in [0.1, 0.15) is 6.10 Å². The van der Waals surface area contributed by atoms with E-state index in [4.69, 9.17) is 4.52 Å². The molecule has 0 amide bonds. The van der Waals surface area contributed by atoms with Crippen molar-refractivity contribution in [2.75, 3.05) is 0 Å². The molecule has 30 heavy (non-hydrogen) atoms. The quantitative estimate of drug-likeness (QED) is 0.391. The molecule has 3 nitrogen and oxygen atoms in total. The fourth-order valence-electron chi connectivity index (χ4n) is 3.98. The third kappa shape index (κ3) is 3.53. The Labute approximate surface area is 176 Å². The minimum Gasteiger partial charge on any atom is -0.301 e. The second kappa shape index (κ2) is 8.04. The van der Waals surface area contributed by atoms with Gasteiger partial charge in [0.2, 0.25) is 0 Å². The highest BCUT2D eigenvalue weighted by Gasteiger charge is 2.36. The van der Waals surface area contributed by atoms with Gasteiger partial charge in [0.25, 0.3) is 0 Å². The summed E-state index contributed by atoms with van der Waals surface area (Å²) in [6.07, 6.45) is -0.383. The molecule has 5 rings (SSSR count). The number of nitrogens with one attached hydrogen (secondary N) is 1. The van der Waals surface area contributed by atoms with Crippen molar-refractivity contribution in [1.29, 1.82) is 0 Å². The van der Waals surface area contributed by atoms with Gasteiger partial charge in [-0.3, -0.25) is 4.57 Å². The Morgan fingerprint density at radius 1 is 0.667 bits per heavy atom. The van der Waals surface area contributed by atoms with Gasteiger partial charge in [0.15, 0.2) is 0 Å². The lowest BCUT2D eigenvalue weighted by atomic mass is 10.1. The van der Waals surface area contributed by atoms with E-state index in [-0.39, 0.29) is 6.10 Å². The molecule has 1 atom stereocenters. The van der Waals surface area contributed by atoms with E-state index in [1.165, 1.54) is 0 Å². The number of benzene rings is 4. The summed E-state index contributed by atoms with van der Waals surface area (Å²) in [4.78, 5) is 0. The predicted octanol–water partition coefficient (Wildman–Crippen LogP) is 6.08. The summed E-state index contributed by atoms with van der Waals surface area (Å²) in [5.41, 5.74) is 5.44. The van der Waals surface area contributed by atoms with Crippen LogP contribution in [-0.4, -0.2) is 0 Å². The minimum atomic E-state index is -3.35. The fourth-order valence-corrected chi connectivity index (χ4v) is 5.83. The zero-order valence-corrected chi connectivity index (χ0v) is 17.3. The highest BCUT2D eigenvalue weighted by atomic mass is 31.2. The van der Waals surface area contributed by atoms with Gasteiger partial charge in [-0.1, -0.05) is 97.1 Å². The van der Waals surface area contributed by atoms with Gasteiger partial charge in [-0.2, -0.15) is 0 Å². The summed E-state index contributed by atoms with van der Waals surface area (Å²) >= 11 is 0. The normalized spacial score (nSPS) is 14.7. The molecule has 0 fully saturated rings. The smallest absolute Gasteiger partial charge is 0.300 e. The maximum Gasteiger partial charge on any atom is 0.300 e. The monoisotopic (exact) mass is 411 g/mol. The van der Waals surface area contributed by atoms with Crippen molar-refractivity contribution in [3.05, 3.63) is 126 Å². The summed E-state index contributed by atoms with van der Waals surface area (Å²) in [7, 11) is -3.35. The van der Waals surface area contributed by atoms with E-state index in [0.29, 0.717) is 11.8 Å². The maximum atomic E-state index is 14.2. The van der Waals surface area contributed by atoms with E-state index in [1.807, 2.05) is 84.9 Å². The van der Waals surface area contributed by atoms with E-state index >= 15 is 0 Å². The van der Waals surface area contributed by atoms with E-state index in [0.717, 1.165) is 27.8 Å². The number of rotatable bonds is 6. The highest BCUT2D eigenvalue weighted by molar-refractivity contribution is 7.65.